The van der Waals surface area contributed by atoms with Gasteiger partial charge in [0.1, 0.15) is 6.04 Å². The quantitative estimate of drug-likeness (QED) is 0.626. The second-order valence-electron chi connectivity index (χ2n) is 5.84. The number of esters is 1. The molecule has 3 rings (SSSR count). The van der Waals surface area contributed by atoms with Crippen molar-refractivity contribution in [3.63, 3.8) is 0 Å². The van der Waals surface area contributed by atoms with Crippen molar-refractivity contribution in [1.29, 1.82) is 0 Å². The van der Waals surface area contributed by atoms with E-state index in [1.165, 1.54) is 0 Å². The summed E-state index contributed by atoms with van der Waals surface area (Å²) in [4.78, 5) is 27.7. The van der Waals surface area contributed by atoms with Crippen LogP contribution in [0.15, 0.2) is 71.3 Å². The predicted octanol–water partition coefficient (Wildman–Crippen LogP) is 2.66. The lowest BCUT2D eigenvalue weighted by molar-refractivity contribution is -0.147. The van der Waals surface area contributed by atoms with E-state index in [0.29, 0.717) is 5.76 Å². The van der Waals surface area contributed by atoms with Crippen LogP contribution in [0.5, 0.6) is 0 Å². The molecule has 3 N–H and O–H groups in total. The monoisotopic (exact) mass is 365 g/mol. The standard InChI is InChI=1S/C20H19N3O4/c21-20(25)23-16(11-14-7-3-1-4-8-14)19(24)26-13-18-22-12-17(27-18)15-9-5-2-6-10-15/h1-10,12,16H,11,13H2,(H3,21,23,25)/t16-/m0/s1. The maximum Gasteiger partial charge on any atom is 0.329 e. The fraction of sp³-hybridized carbons (Fsp3) is 0.150. The third-order valence-electron chi connectivity index (χ3n) is 3.83. The summed E-state index contributed by atoms with van der Waals surface area (Å²) in [5.41, 5.74) is 6.92. The number of primary amides is 1. The Labute approximate surface area is 156 Å². The summed E-state index contributed by atoms with van der Waals surface area (Å²) in [6.07, 6.45) is 1.84. The SMILES string of the molecule is NC(=O)N[C@@H](Cc1ccccc1)C(=O)OCc1ncc(-c2ccccc2)o1. The van der Waals surface area contributed by atoms with Crippen molar-refractivity contribution in [1.82, 2.24) is 10.3 Å². The Kier molecular flexibility index (Phi) is 5.84. The summed E-state index contributed by atoms with van der Waals surface area (Å²) in [6.45, 7) is -0.141. The van der Waals surface area contributed by atoms with Crippen molar-refractivity contribution >= 4 is 12.0 Å². The number of ether oxygens (including phenoxy) is 1. The molecular weight excluding hydrogens is 346 g/mol. The van der Waals surface area contributed by atoms with Crippen LogP contribution in [-0.2, 0) is 22.6 Å². The summed E-state index contributed by atoms with van der Waals surface area (Å²) in [7, 11) is 0. The third-order valence-corrected chi connectivity index (χ3v) is 3.83. The van der Waals surface area contributed by atoms with Crippen molar-refractivity contribution < 1.29 is 18.7 Å². The highest BCUT2D eigenvalue weighted by Crippen LogP contribution is 2.20. The highest BCUT2D eigenvalue weighted by molar-refractivity contribution is 5.83. The van der Waals surface area contributed by atoms with Gasteiger partial charge in [-0.25, -0.2) is 14.6 Å². The molecule has 0 saturated heterocycles. The summed E-state index contributed by atoms with van der Waals surface area (Å²) in [5.74, 6) is 0.231. The number of hydrogen-bond donors (Lipinski definition) is 2. The normalized spacial score (nSPS) is 11.6. The number of amides is 2. The highest BCUT2D eigenvalue weighted by Gasteiger charge is 2.22. The van der Waals surface area contributed by atoms with E-state index in [4.69, 9.17) is 14.9 Å². The molecule has 0 saturated carbocycles. The van der Waals surface area contributed by atoms with Crippen LogP contribution in [0.1, 0.15) is 11.5 Å². The molecule has 0 spiro atoms. The van der Waals surface area contributed by atoms with Crippen LogP contribution < -0.4 is 11.1 Å². The molecule has 27 heavy (non-hydrogen) atoms. The van der Waals surface area contributed by atoms with E-state index in [1.807, 2.05) is 60.7 Å². The lowest BCUT2D eigenvalue weighted by Crippen LogP contribution is -2.45. The Bertz CT molecular complexity index is 894. The molecule has 0 unspecified atom stereocenters. The summed E-state index contributed by atoms with van der Waals surface area (Å²) in [6, 6.07) is 17.0. The van der Waals surface area contributed by atoms with E-state index < -0.39 is 18.0 Å². The van der Waals surface area contributed by atoms with Crippen LogP contribution in [0, 0.1) is 0 Å². The number of aromatic nitrogens is 1. The van der Waals surface area contributed by atoms with Crippen molar-refractivity contribution in [2.45, 2.75) is 19.1 Å². The number of hydrogen-bond acceptors (Lipinski definition) is 5. The molecule has 3 aromatic rings. The summed E-state index contributed by atoms with van der Waals surface area (Å²) < 4.78 is 10.8. The zero-order valence-corrected chi connectivity index (χ0v) is 14.5. The van der Waals surface area contributed by atoms with E-state index in [9.17, 15) is 9.59 Å². The van der Waals surface area contributed by atoms with E-state index in [-0.39, 0.29) is 18.9 Å². The average molecular weight is 365 g/mol. The first-order chi connectivity index (χ1) is 13.1. The Morgan fingerprint density at radius 1 is 1.07 bits per heavy atom. The molecule has 2 aromatic carbocycles. The van der Waals surface area contributed by atoms with Gasteiger partial charge in [0.15, 0.2) is 12.4 Å². The average Bonchev–Trinajstić information content (AvgIpc) is 3.16. The minimum Gasteiger partial charge on any atom is -0.454 e. The van der Waals surface area contributed by atoms with Crippen LogP contribution >= 0.6 is 0 Å². The number of nitrogens with zero attached hydrogens (tertiary/aromatic N) is 1. The van der Waals surface area contributed by atoms with Crippen molar-refractivity contribution in [2.24, 2.45) is 5.73 Å². The Hall–Kier alpha value is -3.61. The molecule has 138 valence electrons. The molecule has 1 aromatic heterocycles. The molecule has 0 fully saturated rings. The number of urea groups is 1. The number of benzene rings is 2. The van der Waals surface area contributed by atoms with Crippen LogP contribution in [-0.4, -0.2) is 23.0 Å². The van der Waals surface area contributed by atoms with Gasteiger partial charge in [0.25, 0.3) is 0 Å². The lowest BCUT2D eigenvalue weighted by atomic mass is 10.1. The molecule has 0 aliphatic carbocycles. The molecule has 2 amide bonds. The molecule has 1 atom stereocenters. The fourth-order valence-corrected chi connectivity index (χ4v) is 2.56. The van der Waals surface area contributed by atoms with Gasteiger partial charge in [-0.05, 0) is 5.56 Å². The molecular formula is C20H19N3O4. The number of carbonyl (C=O) groups excluding carboxylic acids is 2. The topological polar surface area (TPSA) is 107 Å². The van der Waals surface area contributed by atoms with Gasteiger partial charge < -0.3 is 20.2 Å². The van der Waals surface area contributed by atoms with Gasteiger partial charge in [0, 0.05) is 12.0 Å². The Morgan fingerprint density at radius 3 is 2.41 bits per heavy atom. The van der Waals surface area contributed by atoms with Crippen LogP contribution in [0.2, 0.25) is 0 Å². The van der Waals surface area contributed by atoms with Crippen LogP contribution in [0.4, 0.5) is 4.79 Å². The smallest absolute Gasteiger partial charge is 0.329 e. The van der Waals surface area contributed by atoms with Crippen LogP contribution in [0.3, 0.4) is 0 Å². The van der Waals surface area contributed by atoms with Gasteiger partial charge >= 0.3 is 12.0 Å². The number of carbonyl (C=O) groups is 2. The molecule has 0 bridgehead atoms. The molecule has 0 radical (unpaired) electrons. The first kappa shape index (κ1) is 18.2. The molecule has 7 nitrogen and oxygen atoms in total. The van der Waals surface area contributed by atoms with Crippen LogP contribution in [0.25, 0.3) is 11.3 Å². The maximum absolute atomic E-state index is 12.4. The number of nitrogens with two attached hydrogens (primary N) is 1. The summed E-state index contributed by atoms with van der Waals surface area (Å²) >= 11 is 0. The van der Waals surface area contributed by atoms with Gasteiger partial charge in [-0.1, -0.05) is 60.7 Å². The Balaban J connectivity index is 1.62. The van der Waals surface area contributed by atoms with E-state index in [2.05, 4.69) is 10.3 Å². The largest absolute Gasteiger partial charge is 0.454 e. The molecule has 0 aliphatic rings. The second-order valence-corrected chi connectivity index (χ2v) is 5.84. The summed E-state index contributed by atoms with van der Waals surface area (Å²) in [5, 5.41) is 2.41. The van der Waals surface area contributed by atoms with Gasteiger partial charge in [-0.15, -0.1) is 0 Å². The minimum atomic E-state index is -0.895. The Morgan fingerprint density at radius 2 is 1.74 bits per heavy atom. The van der Waals surface area contributed by atoms with Gasteiger partial charge in [-0.2, -0.15) is 0 Å². The van der Waals surface area contributed by atoms with E-state index >= 15 is 0 Å². The van der Waals surface area contributed by atoms with E-state index in [1.54, 1.807) is 6.20 Å². The van der Waals surface area contributed by atoms with Crippen molar-refractivity contribution in [3.05, 3.63) is 78.3 Å². The first-order valence-corrected chi connectivity index (χ1v) is 8.38. The zero-order valence-electron chi connectivity index (χ0n) is 14.5. The number of nitrogens with one attached hydrogen (secondary N) is 1. The first-order valence-electron chi connectivity index (χ1n) is 8.38. The van der Waals surface area contributed by atoms with Gasteiger partial charge in [0.05, 0.1) is 6.20 Å². The third kappa shape index (κ3) is 5.18. The number of oxazole rings is 1. The molecule has 7 heteroatoms. The van der Waals surface area contributed by atoms with Gasteiger partial charge in [0.2, 0.25) is 5.89 Å². The minimum absolute atomic E-state index is 0.141. The molecule has 0 aliphatic heterocycles. The highest BCUT2D eigenvalue weighted by atomic mass is 16.5. The second kappa shape index (κ2) is 8.66. The fourth-order valence-electron chi connectivity index (χ4n) is 2.56. The van der Waals surface area contributed by atoms with E-state index in [0.717, 1.165) is 11.1 Å². The lowest BCUT2D eigenvalue weighted by Gasteiger charge is -2.16. The van der Waals surface area contributed by atoms with Crippen molar-refractivity contribution in [2.75, 3.05) is 0 Å². The predicted molar refractivity (Wildman–Crippen MR) is 98.4 cm³/mol. The van der Waals surface area contributed by atoms with Gasteiger partial charge in [-0.3, -0.25) is 0 Å². The maximum atomic E-state index is 12.4. The zero-order chi connectivity index (χ0) is 19.1. The molecule has 1 heterocycles. The number of rotatable bonds is 7. The van der Waals surface area contributed by atoms with Crippen molar-refractivity contribution in [3.8, 4) is 11.3 Å².